The molecule has 31 rings (SSSR count). The third-order valence-electron chi connectivity index (χ3n) is 36.1. The van der Waals surface area contributed by atoms with Crippen LogP contribution in [0.25, 0.3) is 0 Å². The van der Waals surface area contributed by atoms with E-state index in [1.165, 1.54) is 307 Å². The van der Waals surface area contributed by atoms with Crippen molar-refractivity contribution < 1.29 is 4.79 Å². The molecule has 1 N–H and O–H groups in total. The van der Waals surface area contributed by atoms with Gasteiger partial charge in [0.25, 0.3) is 0 Å². The second-order valence-electron chi connectivity index (χ2n) is 45.2. The van der Waals surface area contributed by atoms with Gasteiger partial charge in [0, 0.05) is 35.8 Å². The van der Waals surface area contributed by atoms with E-state index in [0.29, 0.717) is 35.9 Å². The number of ketones is 1. The lowest BCUT2D eigenvalue weighted by Gasteiger charge is -2.49. The first-order chi connectivity index (χ1) is 69.2. The number of nitrogens with zero attached hydrogens (tertiary/aromatic N) is 1. The van der Waals surface area contributed by atoms with Crippen molar-refractivity contribution in [3.8, 4) is 0 Å². The Bertz CT molecular complexity index is 3720. The molecule has 4 aromatic carbocycles. The first-order valence-electron chi connectivity index (χ1n) is 62.4. The molecule has 5 aromatic rings. The monoisotopic (exact) mass is 1910 g/mol. The SMILES string of the molecule is C1=CC2CCCC(C1)CCC2.C1=CCCCC1.C1C2CC3CC1CC(C2)C3.C1CC2CC(C1)C2.C1CC2CCC1C2.C1CC2CCCC(C1)CCC2.C1CCC2CCCCC2C1.C1CCC2NCCCC2C1.CC.CC.CC.CC.CC.CC.CC.CC1CC(=O)c2ccccc21.CC1c2ccccc2C2C=CC=CC12.c1ccc2c(c1)CCC2.c1ccc2c(c1)CCCC2.c1cnc2c(c1)CCCC2. The van der Waals surface area contributed by atoms with Crippen LogP contribution in [0, 0.1) is 94.7 Å². The van der Waals surface area contributed by atoms with Crippen LogP contribution in [0.3, 0.4) is 0 Å². The number of aromatic nitrogens is 1. The third-order valence-corrected chi connectivity index (χ3v) is 36.1. The fourth-order valence-electron chi connectivity index (χ4n) is 29.0. The number of Topliss-reactive ketones (excluding diaryl/α,β-unsaturated/α-hetero) is 1. The van der Waals surface area contributed by atoms with Gasteiger partial charge < -0.3 is 5.32 Å². The summed E-state index contributed by atoms with van der Waals surface area (Å²) in [5.41, 5.74) is 14.3. The minimum Gasteiger partial charge on any atom is -0.314 e. The zero-order chi connectivity index (χ0) is 100.0. The molecule has 0 spiro atoms. The summed E-state index contributed by atoms with van der Waals surface area (Å²) in [7, 11) is 0. The van der Waals surface area contributed by atoms with E-state index in [9.17, 15) is 4.79 Å². The van der Waals surface area contributed by atoms with Crippen LogP contribution in [0.1, 0.15) is 549 Å². The third kappa shape index (κ3) is 41.7. The number of allylic oxidation sites excluding steroid dienone is 8. The first-order valence-corrected chi connectivity index (χ1v) is 62.4. The van der Waals surface area contributed by atoms with Crippen LogP contribution in [-0.4, -0.2) is 23.4 Å². The molecule has 6 unspecified atom stereocenters. The lowest BCUT2D eigenvalue weighted by molar-refractivity contribution is 0.0198. The number of hydrogen-bond donors (Lipinski definition) is 1. The van der Waals surface area contributed by atoms with Crippen molar-refractivity contribution in [3.63, 3.8) is 0 Å². The molecule has 1 saturated heterocycles. The van der Waals surface area contributed by atoms with Crippen molar-refractivity contribution in [1.29, 1.82) is 0 Å². The Labute approximate surface area is 868 Å². The van der Waals surface area contributed by atoms with Crippen molar-refractivity contribution in [2.24, 2.45) is 94.7 Å². The molecule has 1 aliphatic heterocycles. The lowest BCUT2D eigenvalue weighted by Crippen LogP contribution is -2.42. The Balaban J connectivity index is 0.000000184. The highest BCUT2D eigenvalue weighted by molar-refractivity contribution is 6.01. The van der Waals surface area contributed by atoms with Gasteiger partial charge in [-0.15, -0.1) is 0 Å². The number of hydrogen-bond acceptors (Lipinski definition) is 3. The maximum atomic E-state index is 11.3. The van der Waals surface area contributed by atoms with E-state index in [2.05, 4.69) is 152 Å². The lowest BCUT2D eigenvalue weighted by atomic mass is 9.56. The zero-order valence-electron chi connectivity index (χ0n) is 94.5. The molecule has 140 heavy (non-hydrogen) atoms. The van der Waals surface area contributed by atoms with E-state index in [1.54, 1.807) is 188 Å². The second-order valence-corrected chi connectivity index (χ2v) is 45.2. The number of fused-ring (bicyclic) bond motifs is 24. The average Bonchev–Trinajstić information content (AvgIpc) is 1.67. The van der Waals surface area contributed by atoms with Crippen molar-refractivity contribution in [2.45, 2.75) is 533 Å². The fraction of sp³-hybridized carbons (Fsp3) is 0.723. The summed E-state index contributed by atoms with van der Waals surface area (Å²) in [6.45, 7) is 33.7. The molecule has 3 nitrogen and oxygen atoms in total. The number of pyridine rings is 1. The van der Waals surface area contributed by atoms with Gasteiger partial charge >= 0.3 is 0 Å². The number of benzene rings is 4. The Morgan fingerprint density at radius 1 is 0.286 bits per heavy atom. The number of aryl methyl sites for hydroxylation is 6. The summed E-state index contributed by atoms with van der Waals surface area (Å²) in [5, 5.41) is 3.62. The summed E-state index contributed by atoms with van der Waals surface area (Å²) >= 11 is 0. The molecule has 0 amide bonds. The Hall–Kier alpha value is -5.38. The van der Waals surface area contributed by atoms with E-state index in [1.807, 2.05) is 133 Å². The highest BCUT2D eigenvalue weighted by Crippen LogP contribution is 2.54. The molecule has 3 heteroatoms. The molecule has 2 heterocycles. The molecule has 12 bridgehead atoms. The molecule has 786 valence electrons. The molecule has 0 radical (unpaired) electrons. The summed E-state index contributed by atoms with van der Waals surface area (Å²) in [5.74, 6) is 19.7. The fourth-order valence-corrected chi connectivity index (χ4v) is 29.0. The van der Waals surface area contributed by atoms with E-state index in [-0.39, 0.29) is 0 Å². The molecule has 26 aliphatic rings. The number of nitrogens with one attached hydrogen (secondary N) is 1. The van der Waals surface area contributed by atoms with E-state index in [0.717, 1.165) is 53.0 Å². The van der Waals surface area contributed by atoms with Gasteiger partial charge in [-0.2, -0.15) is 0 Å². The standard InChI is InChI=1S/C14H14.C11H20.C11H18.C10H10O.C10H16.C10H18.C10H12.C9H17N.C9H11N.C9H10.2C7H12.C6H10.7C2H6/c1-10-11-6-2-4-8-13(11)14-9-5-3-7-12(10)14;2*1-4-10-6-2-7-11(5-1)9-3-8-10;1-7-6-10(11)9-5-3-2-4-8(7)9;1-7-2-9-4-8(1)5-10(3-7)6-9;2*1-2-6-10-8-4-3-7-9(10)5-1;2*1-2-6-9-8(4-1)5-3-7-10-9;1-2-5-9-7-3-6-8(9)4-1;1-2-7-4-3-6(1)5-7;1-2-6-4-7(3-1)5-6;1-2-4-6-5-3-1;7*1-2/h2-11,13H,1H3;10-11H,1-9H2;1,4,10-11H,2-3,5-9H2;2-5,7H,6H2,1H3;7-10H,1-6H2;9-10H,1-8H2;1-2,5-6H,3-4,7-8H2;8-10H,1-7H2;3,5,7H,1-2,4,6H2;1-2,4-5H,3,6-7H2;2*6-7H,1-5H2;1-2H,3-6H2;7*1-2H3. The van der Waals surface area contributed by atoms with Crippen LogP contribution in [-0.2, 0) is 38.5 Å². The van der Waals surface area contributed by atoms with Crippen LogP contribution in [0.4, 0.5) is 0 Å². The molecule has 6 atom stereocenters. The van der Waals surface area contributed by atoms with Gasteiger partial charge in [-0.05, 0) is 363 Å². The first kappa shape index (κ1) is 120. The van der Waals surface area contributed by atoms with Crippen LogP contribution >= 0.6 is 0 Å². The van der Waals surface area contributed by atoms with Gasteiger partial charge in [0.15, 0.2) is 5.78 Å². The van der Waals surface area contributed by atoms with E-state index < -0.39 is 0 Å². The predicted octanol–water partition coefficient (Wildman–Crippen LogP) is 41.8. The van der Waals surface area contributed by atoms with Crippen molar-refractivity contribution in [1.82, 2.24) is 10.3 Å². The number of carbonyl (C=O) groups excluding carboxylic acids is 1. The minimum atomic E-state index is 0.299. The highest BCUT2D eigenvalue weighted by Gasteiger charge is 2.42. The summed E-state index contributed by atoms with van der Waals surface area (Å²) < 4.78 is 0. The van der Waals surface area contributed by atoms with Crippen LogP contribution < -0.4 is 5.32 Å². The Morgan fingerprint density at radius 2 is 0.664 bits per heavy atom. The van der Waals surface area contributed by atoms with Gasteiger partial charge in [0.2, 0.25) is 0 Å². The van der Waals surface area contributed by atoms with Gasteiger partial charge in [0.1, 0.15) is 0 Å². The molecule has 16 saturated carbocycles. The van der Waals surface area contributed by atoms with Gasteiger partial charge in [-0.25, -0.2) is 0 Å². The van der Waals surface area contributed by atoms with E-state index >= 15 is 0 Å². The zero-order valence-corrected chi connectivity index (χ0v) is 94.5. The molecule has 25 aliphatic carbocycles. The topological polar surface area (TPSA) is 42.0 Å². The predicted molar refractivity (Wildman–Crippen MR) is 618 cm³/mol. The number of rotatable bonds is 0. The van der Waals surface area contributed by atoms with Gasteiger partial charge in [0.05, 0.1) is 0 Å². The normalized spacial score (nSPS) is 30.4. The van der Waals surface area contributed by atoms with Crippen molar-refractivity contribution >= 4 is 5.78 Å². The molecule has 17 fully saturated rings. The van der Waals surface area contributed by atoms with Crippen molar-refractivity contribution in [3.05, 3.63) is 220 Å². The molecule has 1 aromatic heterocycles. The van der Waals surface area contributed by atoms with E-state index in [4.69, 9.17) is 0 Å². The quantitative estimate of drug-likeness (QED) is 0.157. The minimum absolute atomic E-state index is 0.299. The summed E-state index contributed by atoms with van der Waals surface area (Å²) in [6, 6.07) is 39.4. The smallest absolute Gasteiger partial charge is 0.163 e. The Kier molecular flexibility index (Phi) is 62.4. The molecular weight excluding hydrogens is 1690 g/mol. The maximum Gasteiger partial charge on any atom is 0.163 e. The van der Waals surface area contributed by atoms with Gasteiger partial charge in [-0.1, -0.05) is 455 Å². The van der Waals surface area contributed by atoms with Gasteiger partial charge in [-0.3, -0.25) is 9.78 Å². The second kappa shape index (κ2) is 72.8. The summed E-state index contributed by atoms with van der Waals surface area (Å²) in [6.07, 6.45) is 112. The van der Waals surface area contributed by atoms with Crippen LogP contribution in [0.2, 0.25) is 0 Å². The summed E-state index contributed by atoms with van der Waals surface area (Å²) in [4.78, 5) is 15.6. The van der Waals surface area contributed by atoms with Crippen molar-refractivity contribution in [2.75, 3.05) is 6.54 Å². The molecular formula is C137H222N2O. The average molecular weight is 1910 g/mol. The maximum absolute atomic E-state index is 11.3. The number of carbonyl (C=O) groups is 1. The Morgan fingerprint density at radius 3 is 1.10 bits per heavy atom. The highest BCUT2D eigenvalue weighted by atomic mass is 16.1. The number of piperidine rings is 1. The largest absolute Gasteiger partial charge is 0.314 e. The van der Waals surface area contributed by atoms with Crippen LogP contribution in [0.5, 0.6) is 0 Å². The van der Waals surface area contributed by atoms with Crippen LogP contribution in [0.15, 0.2) is 164 Å².